The van der Waals surface area contributed by atoms with Crippen LogP contribution in [0.2, 0.25) is 0 Å². The molecular formula is C4H6N2S2. The van der Waals surface area contributed by atoms with Crippen molar-refractivity contribution in [3.63, 3.8) is 0 Å². The van der Waals surface area contributed by atoms with E-state index < -0.39 is 0 Å². The Labute approximate surface area is 56.1 Å². The van der Waals surface area contributed by atoms with E-state index >= 15 is 0 Å². The molecule has 0 spiro atoms. The number of rotatable bonds is 1. The highest BCUT2D eigenvalue weighted by molar-refractivity contribution is 7.98. The van der Waals surface area contributed by atoms with Crippen LogP contribution in [0.25, 0.3) is 0 Å². The number of nitrogens with two attached hydrogens (primary N) is 1. The van der Waals surface area contributed by atoms with Gasteiger partial charge in [-0.05, 0) is 6.26 Å². The van der Waals surface area contributed by atoms with Crippen LogP contribution < -0.4 is 5.73 Å². The summed E-state index contributed by atoms with van der Waals surface area (Å²) in [5.74, 6) is 0. The van der Waals surface area contributed by atoms with Crippen molar-refractivity contribution in [1.82, 2.24) is 4.98 Å². The van der Waals surface area contributed by atoms with Gasteiger partial charge < -0.3 is 5.73 Å². The predicted molar refractivity (Wildman–Crippen MR) is 38.3 cm³/mol. The molecule has 0 aliphatic carbocycles. The quantitative estimate of drug-likeness (QED) is 0.609. The lowest BCUT2D eigenvalue weighted by molar-refractivity contribution is 1.22. The second-order valence-corrected chi connectivity index (χ2v) is 2.94. The SMILES string of the molecule is CSc1csc(N)n1. The fourth-order valence-electron chi connectivity index (χ4n) is 0.366. The number of aromatic nitrogens is 1. The summed E-state index contributed by atoms with van der Waals surface area (Å²) in [4.78, 5) is 3.99. The van der Waals surface area contributed by atoms with Crippen LogP contribution in [-0.4, -0.2) is 11.2 Å². The van der Waals surface area contributed by atoms with Gasteiger partial charge in [0.15, 0.2) is 5.13 Å². The first kappa shape index (κ1) is 5.91. The highest BCUT2D eigenvalue weighted by atomic mass is 32.2. The van der Waals surface area contributed by atoms with Crippen LogP contribution in [0.4, 0.5) is 5.13 Å². The average Bonchev–Trinajstić information content (AvgIpc) is 2.14. The third-order valence-corrected chi connectivity index (χ3v) is 2.16. The smallest absolute Gasteiger partial charge is 0.181 e. The number of anilines is 1. The standard InChI is InChI=1S/C4H6N2S2/c1-7-3-2-8-4(5)6-3/h2H,1H3,(H2,5,6). The Morgan fingerprint density at radius 2 is 2.62 bits per heavy atom. The Hall–Kier alpha value is -0.220. The van der Waals surface area contributed by atoms with E-state index in [4.69, 9.17) is 5.73 Å². The Balaban J connectivity index is 2.84. The van der Waals surface area contributed by atoms with Gasteiger partial charge in [0.1, 0.15) is 5.03 Å². The van der Waals surface area contributed by atoms with Crippen LogP contribution in [0.3, 0.4) is 0 Å². The van der Waals surface area contributed by atoms with Gasteiger partial charge in [0.2, 0.25) is 0 Å². The summed E-state index contributed by atoms with van der Waals surface area (Å²) in [7, 11) is 0. The molecule has 0 aliphatic rings. The second-order valence-electron chi connectivity index (χ2n) is 1.23. The molecule has 2 N–H and O–H groups in total. The van der Waals surface area contributed by atoms with Crippen LogP contribution in [0, 0.1) is 0 Å². The summed E-state index contributed by atoms with van der Waals surface area (Å²) >= 11 is 3.08. The summed E-state index contributed by atoms with van der Waals surface area (Å²) in [6.45, 7) is 0. The molecule has 1 rings (SSSR count). The van der Waals surface area contributed by atoms with E-state index in [-0.39, 0.29) is 0 Å². The van der Waals surface area contributed by atoms with Crippen LogP contribution in [0.15, 0.2) is 10.4 Å². The highest BCUT2D eigenvalue weighted by Gasteiger charge is 1.92. The molecule has 0 aromatic carbocycles. The van der Waals surface area contributed by atoms with Crippen LogP contribution in [0.5, 0.6) is 0 Å². The monoisotopic (exact) mass is 146 g/mol. The molecule has 4 heteroatoms. The molecule has 0 aliphatic heterocycles. The van der Waals surface area contributed by atoms with E-state index in [1.807, 2.05) is 11.6 Å². The maximum absolute atomic E-state index is 5.35. The van der Waals surface area contributed by atoms with Gasteiger partial charge in [-0.25, -0.2) is 4.98 Å². The van der Waals surface area contributed by atoms with Crippen molar-refractivity contribution in [2.75, 3.05) is 12.0 Å². The van der Waals surface area contributed by atoms with Crippen molar-refractivity contribution in [3.8, 4) is 0 Å². The number of nitrogens with zero attached hydrogens (tertiary/aromatic N) is 1. The molecule has 0 atom stereocenters. The number of nitrogen functional groups attached to an aromatic ring is 1. The molecule has 0 amide bonds. The maximum atomic E-state index is 5.35. The molecule has 8 heavy (non-hydrogen) atoms. The molecule has 0 saturated heterocycles. The number of hydrogen-bond donors (Lipinski definition) is 1. The fourth-order valence-corrected chi connectivity index (χ4v) is 1.57. The van der Waals surface area contributed by atoms with E-state index in [9.17, 15) is 0 Å². The predicted octanol–water partition coefficient (Wildman–Crippen LogP) is 1.45. The van der Waals surface area contributed by atoms with E-state index in [1.54, 1.807) is 11.8 Å². The van der Waals surface area contributed by atoms with Crippen molar-refractivity contribution in [3.05, 3.63) is 5.38 Å². The molecular weight excluding hydrogens is 140 g/mol. The lowest BCUT2D eigenvalue weighted by Crippen LogP contribution is -1.79. The zero-order valence-electron chi connectivity index (χ0n) is 4.42. The Morgan fingerprint density at radius 1 is 1.88 bits per heavy atom. The molecule has 0 fully saturated rings. The van der Waals surface area contributed by atoms with Gasteiger partial charge in [0.25, 0.3) is 0 Å². The maximum Gasteiger partial charge on any atom is 0.181 e. The zero-order chi connectivity index (χ0) is 5.98. The van der Waals surface area contributed by atoms with Crippen molar-refractivity contribution in [2.45, 2.75) is 5.03 Å². The summed E-state index contributed by atoms with van der Waals surface area (Å²) in [6, 6.07) is 0. The van der Waals surface area contributed by atoms with Crippen molar-refractivity contribution in [1.29, 1.82) is 0 Å². The molecule has 0 radical (unpaired) electrons. The van der Waals surface area contributed by atoms with Gasteiger partial charge >= 0.3 is 0 Å². The molecule has 44 valence electrons. The minimum atomic E-state index is 0.648. The van der Waals surface area contributed by atoms with E-state index in [0.29, 0.717) is 5.13 Å². The minimum Gasteiger partial charge on any atom is -0.375 e. The third kappa shape index (κ3) is 1.14. The van der Waals surface area contributed by atoms with Crippen LogP contribution in [0.1, 0.15) is 0 Å². The topological polar surface area (TPSA) is 38.9 Å². The van der Waals surface area contributed by atoms with Gasteiger partial charge in [-0.3, -0.25) is 0 Å². The first-order valence-corrected chi connectivity index (χ1v) is 4.18. The van der Waals surface area contributed by atoms with Gasteiger partial charge in [-0.2, -0.15) is 0 Å². The largest absolute Gasteiger partial charge is 0.375 e. The van der Waals surface area contributed by atoms with Gasteiger partial charge in [0.05, 0.1) is 0 Å². The Kier molecular flexibility index (Phi) is 1.75. The number of thiazole rings is 1. The molecule has 1 heterocycles. The number of thioether (sulfide) groups is 1. The minimum absolute atomic E-state index is 0.648. The summed E-state index contributed by atoms with van der Waals surface area (Å²) in [5, 5.41) is 3.60. The highest BCUT2D eigenvalue weighted by Crippen LogP contribution is 2.18. The van der Waals surface area contributed by atoms with Gasteiger partial charge in [-0.1, -0.05) is 0 Å². The first-order valence-electron chi connectivity index (χ1n) is 2.08. The Bertz CT molecular complexity index is 172. The van der Waals surface area contributed by atoms with Gasteiger partial charge in [0, 0.05) is 5.38 Å². The summed E-state index contributed by atoms with van der Waals surface area (Å²) < 4.78 is 0. The van der Waals surface area contributed by atoms with E-state index in [1.165, 1.54) is 11.3 Å². The summed E-state index contributed by atoms with van der Waals surface area (Å²) in [6.07, 6.45) is 1.98. The number of hydrogen-bond acceptors (Lipinski definition) is 4. The average molecular weight is 146 g/mol. The normalized spacial score (nSPS) is 9.62. The molecule has 1 aromatic heterocycles. The van der Waals surface area contributed by atoms with Crippen molar-refractivity contribution < 1.29 is 0 Å². The molecule has 2 nitrogen and oxygen atoms in total. The third-order valence-electron chi connectivity index (χ3n) is 0.710. The van der Waals surface area contributed by atoms with Crippen molar-refractivity contribution in [2.24, 2.45) is 0 Å². The molecule has 0 saturated carbocycles. The Morgan fingerprint density at radius 3 is 2.88 bits per heavy atom. The lowest BCUT2D eigenvalue weighted by atomic mass is 11.0. The van der Waals surface area contributed by atoms with E-state index in [0.717, 1.165) is 5.03 Å². The molecule has 0 bridgehead atoms. The van der Waals surface area contributed by atoms with E-state index in [2.05, 4.69) is 4.98 Å². The van der Waals surface area contributed by atoms with Crippen LogP contribution in [-0.2, 0) is 0 Å². The summed E-state index contributed by atoms with van der Waals surface area (Å²) in [5.41, 5.74) is 5.35. The first-order chi connectivity index (χ1) is 3.83. The van der Waals surface area contributed by atoms with Gasteiger partial charge in [-0.15, -0.1) is 23.1 Å². The fraction of sp³-hybridized carbons (Fsp3) is 0.250. The molecule has 1 aromatic rings. The van der Waals surface area contributed by atoms with Crippen LogP contribution >= 0.6 is 23.1 Å². The van der Waals surface area contributed by atoms with Crippen molar-refractivity contribution >= 4 is 28.2 Å². The second kappa shape index (κ2) is 2.37. The molecule has 0 unspecified atom stereocenters. The zero-order valence-corrected chi connectivity index (χ0v) is 6.05. The lowest BCUT2D eigenvalue weighted by Gasteiger charge is -1.79.